The number of nitrogens with zero attached hydrogens (tertiary/aromatic N) is 4. The fourth-order valence-electron chi connectivity index (χ4n) is 3.37. The third kappa shape index (κ3) is 4.54. The number of alkyl halides is 1. The molecule has 3 atom stereocenters. The lowest BCUT2D eigenvalue weighted by Crippen LogP contribution is -2.50. The zero-order chi connectivity index (χ0) is 22.8. The molecule has 0 aromatic carbocycles. The lowest BCUT2D eigenvalue weighted by atomic mass is 9.96. The number of carbonyl (C=O) groups is 2. The first-order chi connectivity index (χ1) is 14.7. The number of anilines is 1. The average Bonchev–Trinajstić information content (AvgIpc) is 3.27. The van der Waals surface area contributed by atoms with Crippen molar-refractivity contribution in [1.82, 2.24) is 19.5 Å². The van der Waals surface area contributed by atoms with Gasteiger partial charge >= 0.3 is 11.9 Å². The summed E-state index contributed by atoms with van der Waals surface area (Å²) in [5.74, 6) is -3.36. The van der Waals surface area contributed by atoms with Crippen molar-refractivity contribution >= 4 is 40.5 Å². The molecule has 2 aromatic heterocycles. The number of hydrogen-bond acceptors (Lipinski definition) is 9. The molecule has 1 saturated heterocycles. The molecule has 0 bridgehead atoms. The van der Waals surface area contributed by atoms with Crippen LogP contribution in [0.15, 0.2) is 6.33 Å². The number of carboxylic acids is 2. The summed E-state index contributed by atoms with van der Waals surface area (Å²) in [5.41, 5.74) is 3.57. The summed E-state index contributed by atoms with van der Waals surface area (Å²) in [5, 5.41) is 27.6. The molecule has 1 fully saturated rings. The molecule has 0 amide bonds. The number of carboxylic acid groups (broad SMARTS) is 2. The van der Waals surface area contributed by atoms with Gasteiger partial charge in [0.25, 0.3) is 5.60 Å². The van der Waals surface area contributed by atoms with E-state index in [1.165, 1.54) is 10.9 Å². The molecule has 0 saturated carbocycles. The van der Waals surface area contributed by atoms with E-state index >= 15 is 0 Å². The topological polar surface area (TPSA) is 183 Å². The van der Waals surface area contributed by atoms with Crippen molar-refractivity contribution in [3.05, 3.63) is 11.6 Å². The van der Waals surface area contributed by atoms with Crippen LogP contribution in [0.3, 0.4) is 0 Å². The molecule has 0 aliphatic carbocycles. The third-order valence-electron chi connectivity index (χ3n) is 4.97. The van der Waals surface area contributed by atoms with Crippen LogP contribution in [-0.2, 0) is 19.1 Å². The van der Waals surface area contributed by atoms with Gasteiger partial charge in [-0.2, -0.15) is 9.97 Å². The van der Waals surface area contributed by atoms with Crippen molar-refractivity contribution in [2.45, 2.75) is 49.8 Å². The highest BCUT2D eigenvalue weighted by Gasteiger charge is 2.49. The van der Waals surface area contributed by atoms with Crippen LogP contribution in [0, 0.1) is 0 Å². The molecular weight excluding hydrogens is 441 g/mol. The van der Waals surface area contributed by atoms with Gasteiger partial charge in [-0.25, -0.2) is 19.0 Å². The van der Waals surface area contributed by atoms with Crippen LogP contribution in [0.5, 0.6) is 0 Å². The van der Waals surface area contributed by atoms with Gasteiger partial charge in [0, 0.05) is 13.0 Å². The number of ether oxygens (including phenoxy) is 2. The molecule has 3 rings (SSSR count). The quantitative estimate of drug-likeness (QED) is 0.222. The van der Waals surface area contributed by atoms with Crippen LogP contribution in [-0.4, -0.2) is 77.9 Å². The van der Waals surface area contributed by atoms with Crippen LogP contribution in [0.25, 0.3) is 11.2 Å². The molecule has 31 heavy (non-hydrogen) atoms. The van der Waals surface area contributed by atoms with E-state index in [-0.39, 0.29) is 54.6 Å². The van der Waals surface area contributed by atoms with Gasteiger partial charge in [-0.05, 0) is 30.9 Å². The highest BCUT2D eigenvalue weighted by atomic mass is 35.5. The van der Waals surface area contributed by atoms with Crippen LogP contribution in [0.4, 0.5) is 10.2 Å². The van der Waals surface area contributed by atoms with Gasteiger partial charge < -0.3 is 30.5 Å². The minimum Gasteiger partial charge on any atom is -0.479 e. The lowest BCUT2D eigenvalue weighted by molar-refractivity contribution is -0.189. The minimum absolute atomic E-state index is 0.0117. The molecule has 5 N–H and O–H groups in total. The first-order valence-electron chi connectivity index (χ1n) is 9.36. The van der Waals surface area contributed by atoms with E-state index in [2.05, 4.69) is 15.0 Å². The number of aliphatic hydroxyl groups is 1. The maximum atomic E-state index is 14.7. The van der Waals surface area contributed by atoms with E-state index in [0.717, 1.165) is 0 Å². The monoisotopic (exact) mass is 461 g/mol. The van der Waals surface area contributed by atoms with Gasteiger partial charge in [-0.15, -0.1) is 0 Å². The molecule has 170 valence electrons. The standard InChI is InChI=1S/C17H21ClFN5O7/c18-16-22-11(20)10-12(23-16)24(7-21-10)13-9(19)5-8(31-13)6-30-17(14(26)27,15(28)29)3-1-2-4-25/h7-9,13,25H,1-6H2,(H,26,27)(H,28,29)(H2,20,22,23)/t8-,9-,13+/m0/s1. The molecule has 0 unspecified atom stereocenters. The smallest absolute Gasteiger partial charge is 0.347 e. The van der Waals surface area contributed by atoms with Gasteiger partial charge in [0.15, 0.2) is 17.7 Å². The fourth-order valence-corrected chi connectivity index (χ4v) is 3.54. The number of nitrogen functional groups attached to an aromatic ring is 1. The van der Waals surface area contributed by atoms with E-state index in [1.54, 1.807) is 0 Å². The Balaban J connectivity index is 1.75. The Bertz CT molecular complexity index is 960. The zero-order valence-corrected chi connectivity index (χ0v) is 16.9. The predicted octanol–water partition coefficient (Wildman–Crippen LogP) is 0.775. The lowest BCUT2D eigenvalue weighted by Gasteiger charge is -2.26. The van der Waals surface area contributed by atoms with Gasteiger partial charge in [-0.1, -0.05) is 0 Å². The van der Waals surface area contributed by atoms with E-state index in [9.17, 15) is 24.2 Å². The number of fused-ring (bicyclic) bond motifs is 1. The van der Waals surface area contributed by atoms with Crippen molar-refractivity contribution in [3.63, 3.8) is 0 Å². The van der Waals surface area contributed by atoms with Crippen LogP contribution in [0.2, 0.25) is 5.28 Å². The second-order valence-corrected chi connectivity index (χ2v) is 7.37. The summed E-state index contributed by atoms with van der Waals surface area (Å²) in [7, 11) is 0. The Kier molecular flexibility index (Phi) is 6.89. The Labute approximate surface area is 179 Å². The number of aliphatic hydroxyl groups excluding tert-OH is 1. The molecule has 0 spiro atoms. The number of aliphatic carboxylic acids is 2. The van der Waals surface area contributed by atoms with Crippen LogP contribution in [0.1, 0.15) is 31.9 Å². The van der Waals surface area contributed by atoms with Crippen molar-refractivity contribution < 1.29 is 38.8 Å². The Hall–Kier alpha value is -2.61. The van der Waals surface area contributed by atoms with Crippen molar-refractivity contribution in [2.75, 3.05) is 18.9 Å². The number of aromatic nitrogens is 4. The van der Waals surface area contributed by atoms with Gasteiger partial charge in [0.2, 0.25) is 5.28 Å². The molecule has 3 heterocycles. The second kappa shape index (κ2) is 9.26. The number of halogens is 2. The van der Waals surface area contributed by atoms with Crippen molar-refractivity contribution in [1.29, 1.82) is 0 Å². The number of nitrogens with two attached hydrogens (primary N) is 1. The van der Waals surface area contributed by atoms with Crippen LogP contribution < -0.4 is 5.73 Å². The predicted molar refractivity (Wildman–Crippen MR) is 103 cm³/mol. The highest BCUT2D eigenvalue weighted by molar-refractivity contribution is 6.28. The van der Waals surface area contributed by atoms with E-state index in [1.807, 2.05) is 0 Å². The fraction of sp³-hybridized carbons (Fsp3) is 0.588. The summed E-state index contributed by atoms with van der Waals surface area (Å²) in [6.45, 7) is -0.692. The molecule has 0 radical (unpaired) electrons. The van der Waals surface area contributed by atoms with Crippen molar-refractivity contribution in [3.8, 4) is 0 Å². The van der Waals surface area contributed by atoms with Gasteiger partial charge in [0.1, 0.15) is 11.7 Å². The van der Waals surface area contributed by atoms with E-state index in [4.69, 9.17) is 31.9 Å². The third-order valence-corrected chi connectivity index (χ3v) is 5.14. The molecule has 12 nitrogen and oxygen atoms in total. The summed E-state index contributed by atoms with van der Waals surface area (Å²) in [4.78, 5) is 35.1. The maximum Gasteiger partial charge on any atom is 0.347 e. The zero-order valence-electron chi connectivity index (χ0n) is 16.1. The average molecular weight is 462 g/mol. The van der Waals surface area contributed by atoms with Gasteiger partial charge in [0.05, 0.1) is 19.0 Å². The van der Waals surface area contributed by atoms with Crippen molar-refractivity contribution in [2.24, 2.45) is 0 Å². The van der Waals surface area contributed by atoms with Crippen LogP contribution >= 0.6 is 11.6 Å². The normalized spacial score (nSPS) is 21.6. The maximum absolute atomic E-state index is 14.7. The molecule has 1 aliphatic heterocycles. The Morgan fingerprint density at radius 2 is 2.06 bits per heavy atom. The Morgan fingerprint density at radius 1 is 1.35 bits per heavy atom. The number of hydrogen-bond donors (Lipinski definition) is 4. The minimum atomic E-state index is -2.53. The highest BCUT2D eigenvalue weighted by Crippen LogP contribution is 2.35. The molecular formula is C17H21ClFN5O7. The van der Waals surface area contributed by atoms with E-state index < -0.39 is 42.7 Å². The Morgan fingerprint density at radius 3 is 2.71 bits per heavy atom. The number of imidazole rings is 1. The van der Waals surface area contributed by atoms with Gasteiger partial charge in [-0.3, -0.25) is 4.57 Å². The summed E-state index contributed by atoms with van der Waals surface area (Å²) in [6.07, 6.45) is -2.61. The van der Waals surface area contributed by atoms with E-state index in [0.29, 0.717) is 0 Å². The SMILES string of the molecule is Nc1nc(Cl)nc2c1ncn2[C@@H]1O[C@H](COC(CCCCO)(C(=O)O)C(=O)O)C[C@@H]1F. The molecule has 1 aliphatic rings. The summed E-state index contributed by atoms with van der Waals surface area (Å²) >= 11 is 5.81. The molecule has 14 heteroatoms. The first kappa shape index (κ1) is 23.1. The largest absolute Gasteiger partial charge is 0.479 e. The number of unbranched alkanes of at least 4 members (excludes halogenated alkanes) is 1. The molecule has 2 aromatic rings. The summed E-state index contributed by atoms with van der Waals surface area (Å²) in [6, 6.07) is 0. The second-order valence-electron chi connectivity index (χ2n) is 7.03. The first-order valence-corrected chi connectivity index (χ1v) is 9.74. The summed E-state index contributed by atoms with van der Waals surface area (Å²) < 4.78 is 26.9. The number of rotatable bonds is 10.